The third-order valence-corrected chi connectivity index (χ3v) is 16.0. The van der Waals surface area contributed by atoms with Gasteiger partial charge in [-0.3, -0.25) is 15.2 Å². The van der Waals surface area contributed by atoms with Gasteiger partial charge in [0.1, 0.15) is 51.4 Å². The number of aromatic nitrogens is 12. The molecule has 4 fully saturated rings. The minimum atomic E-state index is -0.103. The van der Waals surface area contributed by atoms with Gasteiger partial charge in [-0.15, -0.1) is 11.3 Å². The van der Waals surface area contributed by atoms with E-state index in [0.29, 0.717) is 70.1 Å². The summed E-state index contributed by atoms with van der Waals surface area (Å²) in [5.74, 6) is 5.86. The van der Waals surface area contributed by atoms with Gasteiger partial charge in [-0.25, -0.2) is 24.9 Å². The van der Waals surface area contributed by atoms with Crippen molar-refractivity contribution in [2.45, 2.75) is 37.5 Å². The molecule has 19 nitrogen and oxygen atoms in total. The minimum absolute atomic E-state index is 0.0847. The van der Waals surface area contributed by atoms with E-state index in [-0.39, 0.29) is 10.8 Å². The number of pyridine rings is 2. The molecule has 0 amide bonds. The Balaban J connectivity index is 0.000000138. The Kier molecular flexibility index (Phi) is 9.60. The van der Waals surface area contributed by atoms with E-state index < -0.39 is 0 Å². The maximum absolute atomic E-state index is 6.51. The largest absolute Gasteiger partial charge is 0.372 e. The number of anilines is 3. The molecular weight excluding hydrogens is 878 g/mol. The van der Waals surface area contributed by atoms with E-state index >= 15 is 0 Å². The van der Waals surface area contributed by atoms with Crippen molar-refractivity contribution in [1.29, 1.82) is 0 Å². The standard InChI is InChI=1S/C23H22N8OS.C22H24ClN9O/c1-12-8-17(30-32-12)23(11-24)14-3-6-31(10-15(14)23)18-9-26-20-19(28-29-22(20)27-18)13-2-5-25-16-4-7-33-21(13)16;1-11-7-15(31-33-11)22(10-24)13-4-6-32(9-14(13)22)16-8-27-19-18(29-30-21(19)28-16)12-3-5-26-20(25-2)17(12)23/h2,4-5,7-9,14-15H,3,6,10-11,24H2,1H3,(H,27,28,29);3,5,7-8,13-14H,4,6,9-10,24H2,1-2H3,(H,25,26)(H,28,29,30). The van der Waals surface area contributed by atoms with Gasteiger partial charge in [-0.05, 0) is 73.9 Å². The molecule has 0 radical (unpaired) electrons. The number of nitrogens with one attached hydrogen (secondary N) is 3. The highest BCUT2D eigenvalue weighted by Crippen LogP contribution is 2.64. The lowest BCUT2D eigenvalue weighted by atomic mass is 9.97. The lowest BCUT2D eigenvalue weighted by Crippen LogP contribution is -2.32. The van der Waals surface area contributed by atoms with Gasteiger partial charge in [0.2, 0.25) is 0 Å². The zero-order valence-corrected chi connectivity index (χ0v) is 37.9. The molecule has 66 heavy (non-hydrogen) atoms. The predicted molar refractivity (Wildman–Crippen MR) is 251 cm³/mol. The summed E-state index contributed by atoms with van der Waals surface area (Å²) in [6.45, 7) is 8.55. The molecule has 2 aliphatic heterocycles. The first-order valence-electron chi connectivity index (χ1n) is 22.1. The number of halogens is 1. The molecular formula is C45H46ClN17O2S. The maximum atomic E-state index is 6.51. The summed E-state index contributed by atoms with van der Waals surface area (Å²) >= 11 is 8.17. The van der Waals surface area contributed by atoms with Gasteiger partial charge < -0.3 is 35.6 Å². The molecule has 4 aliphatic rings. The highest BCUT2D eigenvalue weighted by Gasteiger charge is 2.68. The van der Waals surface area contributed by atoms with Gasteiger partial charge in [0.15, 0.2) is 11.3 Å². The molecule has 7 N–H and O–H groups in total. The molecule has 9 aromatic heterocycles. The first-order valence-corrected chi connectivity index (χ1v) is 23.4. The SMILES string of the molecule is CNc1nccc(-c2n[nH]c3nc(N4CCC5C(C4)C5(CN)c4cc(C)on4)cnc23)c1Cl.Cc1cc(C2(CN)C3CCN(c4cnc5c(-c6ccnc7ccsc67)n[nH]c5n4)CC32)no1. The Morgan fingerprint density at radius 1 is 0.758 bits per heavy atom. The molecule has 6 atom stereocenters. The number of piperidine rings is 2. The summed E-state index contributed by atoms with van der Waals surface area (Å²) in [6.07, 6.45) is 9.25. The van der Waals surface area contributed by atoms with Crippen LogP contribution in [0.5, 0.6) is 0 Å². The number of rotatable bonds is 9. The molecule has 0 bridgehead atoms. The Bertz CT molecular complexity index is 3290. The number of nitrogens with two attached hydrogens (primary N) is 2. The summed E-state index contributed by atoms with van der Waals surface area (Å²) in [5.41, 5.74) is 21.3. The second-order valence-corrected chi connectivity index (χ2v) is 19.1. The Morgan fingerprint density at radius 2 is 1.30 bits per heavy atom. The van der Waals surface area contributed by atoms with E-state index in [1.54, 1.807) is 24.6 Å². The van der Waals surface area contributed by atoms with Crippen LogP contribution in [0.1, 0.15) is 35.7 Å². The van der Waals surface area contributed by atoms with Crippen molar-refractivity contribution in [3.05, 3.63) is 88.4 Å². The predicted octanol–water partition coefficient (Wildman–Crippen LogP) is 6.04. The maximum Gasteiger partial charge on any atom is 0.177 e. The molecule has 13 rings (SSSR count). The van der Waals surface area contributed by atoms with Gasteiger partial charge in [-0.1, -0.05) is 21.9 Å². The fourth-order valence-electron chi connectivity index (χ4n) is 11.2. The van der Waals surface area contributed by atoms with Crippen molar-refractivity contribution < 1.29 is 9.05 Å². The van der Waals surface area contributed by atoms with Crippen LogP contribution < -0.4 is 26.6 Å². The molecule has 9 aromatic rings. The summed E-state index contributed by atoms with van der Waals surface area (Å²) in [7, 11) is 1.78. The second kappa shape index (κ2) is 15.5. The molecule has 2 saturated heterocycles. The van der Waals surface area contributed by atoms with E-state index in [4.69, 9.17) is 52.1 Å². The highest BCUT2D eigenvalue weighted by molar-refractivity contribution is 7.17. The Labute approximate surface area is 386 Å². The van der Waals surface area contributed by atoms with Crippen molar-refractivity contribution in [2.24, 2.45) is 35.1 Å². The van der Waals surface area contributed by atoms with E-state index in [0.717, 1.165) is 106 Å². The number of aromatic amines is 2. The molecule has 2 aliphatic carbocycles. The topological polar surface area (TPSA) is 257 Å². The van der Waals surface area contributed by atoms with Gasteiger partial charge in [0.25, 0.3) is 0 Å². The number of hydrogen-bond acceptors (Lipinski definition) is 18. The summed E-state index contributed by atoms with van der Waals surface area (Å²) in [6, 6.07) is 9.89. The number of hydrogen-bond donors (Lipinski definition) is 5. The van der Waals surface area contributed by atoms with Crippen molar-refractivity contribution in [2.75, 3.05) is 61.4 Å². The average molecular weight is 924 g/mol. The summed E-state index contributed by atoms with van der Waals surface area (Å²) in [4.78, 5) is 32.4. The third-order valence-electron chi connectivity index (χ3n) is 14.7. The van der Waals surface area contributed by atoms with Crippen LogP contribution in [0.2, 0.25) is 5.02 Å². The zero-order chi connectivity index (χ0) is 44.9. The van der Waals surface area contributed by atoms with Crippen molar-refractivity contribution in [3.63, 3.8) is 0 Å². The van der Waals surface area contributed by atoms with Crippen LogP contribution in [0.3, 0.4) is 0 Å². The van der Waals surface area contributed by atoms with Gasteiger partial charge in [-0.2, -0.15) is 10.2 Å². The average Bonchev–Trinajstić information content (AvgIpc) is 3.82. The van der Waals surface area contributed by atoms with Crippen molar-refractivity contribution >= 4 is 72.9 Å². The zero-order valence-electron chi connectivity index (χ0n) is 36.4. The fraction of sp³-hybridized carbons (Fsp3) is 0.378. The molecule has 21 heteroatoms. The lowest BCUT2D eigenvalue weighted by Gasteiger charge is -2.26. The first-order chi connectivity index (χ1) is 32.2. The normalized spacial score (nSPS) is 24.3. The number of nitrogens with zero attached hydrogens (tertiary/aromatic N) is 12. The summed E-state index contributed by atoms with van der Waals surface area (Å²) in [5, 5.41) is 29.3. The van der Waals surface area contributed by atoms with Crippen molar-refractivity contribution in [3.8, 4) is 22.5 Å². The van der Waals surface area contributed by atoms with Crippen LogP contribution in [0.4, 0.5) is 17.5 Å². The summed E-state index contributed by atoms with van der Waals surface area (Å²) < 4.78 is 11.8. The molecule has 2 saturated carbocycles. The number of H-pyrrole nitrogens is 2. The lowest BCUT2D eigenvalue weighted by molar-refractivity contribution is 0.379. The first kappa shape index (κ1) is 40.9. The molecule has 336 valence electrons. The molecule has 11 heterocycles. The van der Waals surface area contributed by atoms with Crippen LogP contribution in [-0.2, 0) is 10.8 Å². The van der Waals surface area contributed by atoms with Crippen LogP contribution in [-0.4, -0.2) is 107 Å². The van der Waals surface area contributed by atoms with Gasteiger partial charge in [0.05, 0.1) is 39.0 Å². The molecule has 0 spiro atoms. The minimum Gasteiger partial charge on any atom is -0.372 e. The van der Waals surface area contributed by atoms with E-state index in [1.165, 1.54) is 0 Å². The number of fused-ring (bicyclic) bond motifs is 5. The third kappa shape index (κ3) is 6.21. The second-order valence-electron chi connectivity index (χ2n) is 17.8. The van der Waals surface area contributed by atoms with E-state index in [2.05, 4.69) is 55.8 Å². The van der Waals surface area contributed by atoms with E-state index in [1.807, 2.05) is 68.1 Å². The van der Waals surface area contributed by atoms with Crippen LogP contribution in [0.15, 0.2) is 69.5 Å². The Hall–Kier alpha value is -6.61. The van der Waals surface area contributed by atoms with Crippen LogP contribution in [0, 0.1) is 37.5 Å². The van der Waals surface area contributed by atoms with Crippen LogP contribution in [0.25, 0.3) is 55.1 Å². The fourth-order valence-corrected chi connectivity index (χ4v) is 12.4. The highest BCUT2D eigenvalue weighted by atomic mass is 35.5. The quantitative estimate of drug-likeness (QED) is 0.111. The molecule has 0 aromatic carbocycles. The number of aryl methyl sites for hydroxylation is 2. The van der Waals surface area contributed by atoms with E-state index in [9.17, 15) is 0 Å². The van der Waals surface area contributed by atoms with Crippen LogP contribution >= 0.6 is 22.9 Å². The molecule has 6 unspecified atom stereocenters. The van der Waals surface area contributed by atoms with Gasteiger partial charge in [0, 0.05) is 92.8 Å². The smallest absolute Gasteiger partial charge is 0.177 e. The Morgan fingerprint density at radius 3 is 1.83 bits per heavy atom. The van der Waals surface area contributed by atoms with Gasteiger partial charge >= 0.3 is 0 Å². The number of thiophene rings is 1. The monoisotopic (exact) mass is 923 g/mol. The van der Waals surface area contributed by atoms with Crippen molar-refractivity contribution in [1.82, 2.24) is 60.6 Å².